The highest BCUT2D eigenvalue weighted by Gasteiger charge is 2.16. The van der Waals surface area contributed by atoms with Crippen LogP contribution in [0.5, 0.6) is 5.75 Å². The lowest BCUT2D eigenvalue weighted by Gasteiger charge is -2.14. The van der Waals surface area contributed by atoms with Gasteiger partial charge in [-0.05, 0) is 13.0 Å². The van der Waals surface area contributed by atoms with Crippen molar-refractivity contribution in [2.45, 2.75) is 13.0 Å². The summed E-state index contributed by atoms with van der Waals surface area (Å²) in [6.07, 6.45) is 0. The van der Waals surface area contributed by atoms with Crippen molar-refractivity contribution in [1.29, 1.82) is 0 Å². The van der Waals surface area contributed by atoms with Crippen LogP contribution in [-0.4, -0.2) is 25.6 Å². The summed E-state index contributed by atoms with van der Waals surface area (Å²) in [5.74, 6) is 0.0829. The Morgan fingerprint density at radius 1 is 1.47 bits per heavy atom. The lowest BCUT2D eigenvalue weighted by Crippen LogP contribution is -2.37. The lowest BCUT2D eigenvalue weighted by molar-refractivity contribution is 0.0938. The minimum Gasteiger partial charge on any atom is -0.496 e. The zero-order valence-corrected chi connectivity index (χ0v) is 11.1. The van der Waals surface area contributed by atoms with E-state index in [2.05, 4.69) is 5.32 Å². The van der Waals surface area contributed by atoms with E-state index in [1.165, 1.54) is 19.2 Å². The van der Waals surface area contributed by atoms with Crippen molar-refractivity contribution in [2.24, 2.45) is 5.73 Å². The maximum atomic E-state index is 11.9. The first-order valence-electron chi connectivity index (χ1n) is 5.03. The minimum atomic E-state index is -0.293. The van der Waals surface area contributed by atoms with Gasteiger partial charge in [-0.3, -0.25) is 4.79 Å². The number of methoxy groups -OCH3 is 1. The van der Waals surface area contributed by atoms with Crippen LogP contribution in [0.1, 0.15) is 17.3 Å². The Morgan fingerprint density at radius 3 is 2.59 bits per heavy atom. The second-order valence-electron chi connectivity index (χ2n) is 3.58. The van der Waals surface area contributed by atoms with Crippen LogP contribution in [-0.2, 0) is 0 Å². The van der Waals surface area contributed by atoms with Gasteiger partial charge in [0.05, 0.1) is 22.7 Å². The van der Waals surface area contributed by atoms with Gasteiger partial charge >= 0.3 is 0 Å². The van der Waals surface area contributed by atoms with Crippen LogP contribution >= 0.6 is 23.2 Å². The molecule has 0 saturated heterocycles. The molecule has 0 spiro atoms. The number of rotatable bonds is 4. The third-order valence-corrected chi connectivity index (χ3v) is 2.94. The lowest BCUT2D eigenvalue weighted by atomic mass is 10.1. The summed E-state index contributed by atoms with van der Waals surface area (Å²) in [5.41, 5.74) is 5.77. The highest BCUT2D eigenvalue weighted by atomic mass is 35.5. The molecule has 1 amide bonds. The molecule has 1 aromatic carbocycles. The summed E-state index contributed by atoms with van der Waals surface area (Å²) in [4.78, 5) is 11.9. The zero-order valence-electron chi connectivity index (χ0n) is 9.59. The van der Waals surface area contributed by atoms with Crippen molar-refractivity contribution in [3.05, 3.63) is 27.7 Å². The van der Waals surface area contributed by atoms with Gasteiger partial charge < -0.3 is 15.8 Å². The monoisotopic (exact) mass is 276 g/mol. The first kappa shape index (κ1) is 14.1. The van der Waals surface area contributed by atoms with Crippen LogP contribution in [0.25, 0.3) is 0 Å². The number of ether oxygens (including phenoxy) is 1. The van der Waals surface area contributed by atoms with Gasteiger partial charge in [0, 0.05) is 18.7 Å². The summed E-state index contributed by atoms with van der Waals surface area (Å²) in [7, 11) is 1.46. The molecule has 4 nitrogen and oxygen atoms in total. The van der Waals surface area contributed by atoms with E-state index in [-0.39, 0.29) is 11.9 Å². The predicted octanol–water partition coefficient (Wildman–Crippen LogP) is 2.08. The Hall–Kier alpha value is -0.970. The van der Waals surface area contributed by atoms with E-state index in [0.29, 0.717) is 27.9 Å². The van der Waals surface area contributed by atoms with E-state index in [0.717, 1.165) is 0 Å². The molecule has 17 heavy (non-hydrogen) atoms. The summed E-state index contributed by atoms with van der Waals surface area (Å²) < 4.78 is 5.08. The SMILES string of the molecule is COc1cc(Cl)c(Cl)cc1C(=O)N[C@@H](C)CN. The van der Waals surface area contributed by atoms with Gasteiger partial charge in [-0.2, -0.15) is 0 Å². The molecule has 0 fully saturated rings. The van der Waals surface area contributed by atoms with Crippen molar-refractivity contribution in [3.63, 3.8) is 0 Å². The Labute approximate surface area is 110 Å². The number of hydrogen-bond acceptors (Lipinski definition) is 3. The van der Waals surface area contributed by atoms with Gasteiger partial charge in [0.15, 0.2) is 0 Å². The molecule has 0 aliphatic carbocycles. The van der Waals surface area contributed by atoms with Gasteiger partial charge in [-0.25, -0.2) is 0 Å². The number of amides is 1. The molecule has 1 aromatic rings. The first-order valence-corrected chi connectivity index (χ1v) is 5.79. The van der Waals surface area contributed by atoms with Crippen molar-refractivity contribution in [2.75, 3.05) is 13.7 Å². The maximum Gasteiger partial charge on any atom is 0.255 e. The molecule has 0 aliphatic rings. The van der Waals surface area contributed by atoms with Gasteiger partial charge in [-0.15, -0.1) is 0 Å². The second kappa shape index (κ2) is 6.10. The molecule has 0 heterocycles. The molecule has 1 atom stereocenters. The molecule has 6 heteroatoms. The number of nitrogens with two attached hydrogens (primary N) is 1. The molecule has 0 unspecified atom stereocenters. The molecule has 0 bridgehead atoms. The molecule has 1 rings (SSSR count). The number of halogens is 2. The Kier molecular flexibility index (Phi) is 5.05. The normalized spacial score (nSPS) is 12.1. The Balaban J connectivity index is 3.03. The highest BCUT2D eigenvalue weighted by Crippen LogP contribution is 2.30. The van der Waals surface area contributed by atoms with Crippen molar-refractivity contribution in [3.8, 4) is 5.75 Å². The van der Waals surface area contributed by atoms with E-state index >= 15 is 0 Å². The quantitative estimate of drug-likeness (QED) is 0.885. The third-order valence-electron chi connectivity index (χ3n) is 2.22. The highest BCUT2D eigenvalue weighted by molar-refractivity contribution is 6.42. The smallest absolute Gasteiger partial charge is 0.255 e. The average Bonchev–Trinajstić information content (AvgIpc) is 2.31. The Morgan fingerprint density at radius 2 is 2.06 bits per heavy atom. The largest absolute Gasteiger partial charge is 0.496 e. The Bertz CT molecular complexity index is 424. The average molecular weight is 277 g/mol. The number of carbonyl (C=O) groups is 1. The molecule has 0 saturated carbocycles. The van der Waals surface area contributed by atoms with Crippen LogP contribution in [0.2, 0.25) is 10.0 Å². The molecule has 3 N–H and O–H groups in total. The van der Waals surface area contributed by atoms with Crippen molar-refractivity contribution >= 4 is 29.1 Å². The molecule has 0 aromatic heterocycles. The molecular formula is C11H14Cl2N2O2. The molecule has 0 radical (unpaired) electrons. The number of hydrogen-bond donors (Lipinski definition) is 2. The number of carbonyl (C=O) groups excluding carboxylic acids is 1. The molecular weight excluding hydrogens is 263 g/mol. The summed E-state index contributed by atoms with van der Waals surface area (Å²) >= 11 is 11.7. The number of benzene rings is 1. The van der Waals surface area contributed by atoms with Crippen LogP contribution in [0.4, 0.5) is 0 Å². The predicted molar refractivity (Wildman–Crippen MR) is 69.0 cm³/mol. The van der Waals surface area contributed by atoms with Crippen LogP contribution < -0.4 is 15.8 Å². The molecule has 94 valence electrons. The zero-order chi connectivity index (χ0) is 13.0. The van der Waals surface area contributed by atoms with E-state index in [1.54, 1.807) is 0 Å². The molecule has 0 aliphatic heterocycles. The third kappa shape index (κ3) is 3.49. The van der Waals surface area contributed by atoms with E-state index < -0.39 is 0 Å². The fourth-order valence-corrected chi connectivity index (χ4v) is 1.55. The van der Waals surface area contributed by atoms with Crippen molar-refractivity contribution < 1.29 is 9.53 Å². The van der Waals surface area contributed by atoms with Crippen molar-refractivity contribution in [1.82, 2.24) is 5.32 Å². The van der Waals surface area contributed by atoms with Crippen LogP contribution in [0, 0.1) is 0 Å². The second-order valence-corrected chi connectivity index (χ2v) is 4.39. The standard InChI is InChI=1S/C11H14Cl2N2O2/c1-6(5-14)15-11(16)7-3-8(12)9(13)4-10(7)17-2/h3-4,6H,5,14H2,1-2H3,(H,15,16)/t6-/m0/s1. The van der Waals surface area contributed by atoms with E-state index in [1.807, 2.05) is 6.92 Å². The van der Waals surface area contributed by atoms with Gasteiger partial charge in [-0.1, -0.05) is 23.2 Å². The van der Waals surface area contributed by atoms with E-state index in [4.69, 9.17) is 33.7 Å². The van der Waals surface area contributed by atoms with E-state index in [9.17, 15) is 4.79 Å². The first-order chi connectivity index (χ1) is 7.99. The minimum absolute atomic E-state index is 0.123. The summed E-state index contributed by atoms with van der Waals surface area (Å²) in [6, 6.07) is 2.86. The van der Waals surface area contributed by atoms with Gasteiger partial charge in [0.1, 0.15) is 5.75 Å². The van der Waals surface area contributed by atoms with Gasteiger partial charge in [0.2, 0.25) is 0 Å². The maximum absolute atomic E-state index is 11.9. The summed E-state index contributed by atoms with van der Waals surface area (Å²) in [5, 5.41) is 3.37. The topological polar surface area (TPSA) is 64.3 Å². The fraction of sp³-hybridized carbons (Fsp3) is 0.364. The summed E-state index contributed by atoms with van der Waals surface area (Å²) in [6.45, 7) is 2.16. The number of nitrogens with one attached hydrogen (secondary N) is 1. The van der Waals surface area contributed by atoms with Crippen LogP contribution in [0.15, 0.2) is 12.1 Å². The van der Waals surface area contributed by atoms with Gasteiger partial charge in [0.25, 0.3) is 5.91 Å². The fourth-order valence-electron chi connectivity index (χ4n) is 1.24. The van der Waals surface area contributed by atoms with Crippen LogP contribution in [0.3, 0.4) is 0 Å².